The van der Waals surface area contributed by atoms with Crippen LogP contribution in [0.4, 0.5) is 10.5 Å². The second kappa shape index (κ2) is 16.3. The Balaban J connectivity index is 1.13. The molecule has 1 fully saturated rings. The highest BCUT2D eigenvalue weighted by molar-refractivity contribution is 5.68. The molecule has 2 heterocycles. The summed E-state index contributed by atoms with van der Waals surface area (Å²) < 4.78 is 30.1. The van der Waals surface area contributed by atoms with Crippen molar-refractivity contribution in [3.63, 3.8) is 0 Å². The Morgan fingerprint density at radius 1 is 0.830 bits per heavy atom. The van der Waals surface area contributed by atoms with E-state index in [0.717, 1.165) is 54.2 Å². The number of piperidine rings is 1. The van der Waals surface area contributed by atoms with Gasteiger partial charge >= 0.3 is 6.09 Å². The smallest absolute Gasteiger partial charge is 0.410 e. The Morgan fingerprint density at radius 2 is 1.55 bits per heavy atom. The van der Waals surface area contributed by atoms with Crippen LogP contribution in [0.25, 0.3) is 0 Å². The molecule has 0 aromatic heterocycles. The Morgan fingerprint density at radius 3 is 2.34 bits per heavy atom. The molecule has 246 valence electrons. The monoisotopic (exact) mass is 636 g/mol. The number of fused-ring (bicyclic) bond motifs is 1. The van der Waals surface area contributed by atoms with E-state index in [1.807, 2.05) is 78.9 Å². The van der Waals surface area contributed by atoms with Crippen molar-refractivity contribution < 1.29 is 28.5 Å². The number of hydrogen-bond donors (Lipinski definition) is 0. The first-order chi connectivity index (χ1) is 23.2. The van der Waals surface area contributed by atoms with Crippen molar-refractivity contribution >= 4 is 11.8 Å². The maximum atomic E-state index is 13.2. The van der Waals surface area contributed by atoms with Crippen LogP contribution in [0.3, 0.4) is 0 Å². The molecule has 2 aliphatic rings. The van der Waals surface area contributed by atoms with Crippen molar-refractivity contribution in [3.05, 3.63) is 126 Å². The zero-order valence-electron chi connectivity index (χ0n) is 27.0. The number of carbonyl (C=O) groups is 1. The topological polar surface area (TPSA) is 69.7 Å². The zero-order valence-corrected chi connectivity index (χ0v) is 27.0. The van der Waals surface area contributed by atoms with Gasteiger partial charge in [0.15, 0.2) is 0 Å². The van der Waals surface area contributed by atoms with Crippen molar-refractivity contribution in [2.75, 3.05) is 51.4 Å². The molecular formula is C39H44N2O6. The number of ether oxygens (including phenoxy) is 5. The molecule has 0 saturated carbocycles. The summed E-state index contributed by atoms with van der Waals surface area (Å²) in [5, 5.41) is 0. The Hall–Kier alpha value is -4.53. The number of anilines is 1. The highest BCUT2D eigenvalue weighted by Crippen LogP contribution is 2.35. The Bertz CT molecular complexity index is 1530. The van der Waals surface area contributed by atoms with Crippen LogP contribution in [-0.2, 0) is 27.4 Å². The number of para-hydroxylation sites is 3. The highest BCUT2D eigenvalue weighted by atomic mass is 16.6. The number of benzene rings is 4. The van der Waals surface area contributed by atoms with Crippen molar-refractivity contribution in [2.24, 2.45) is 0 Å². The fourth-order valence-corrected chi connectivity index (χ4v) is 6.30. The van der Waals surface area contributed by atoms with Crippen LogP contribution in [0, 0.1) is 0 Å². The molecule has 0 N–H and O–H groups in total. The van der Waals surface area contributed by atoms with Crippen LogP contribution in [-0.4, -0.2) is 69.7 Å². The number of nitrogens with zero attached hydrogens (tertiary/aromatic N) is 2. The van der Waals surface area contributed by atoms with Crippen LogP contribution in [0.15, 0.2) is 109 Å². The van der Waals surface area contributed by atoms with E-state index >= 15 is 0 Å². The van der Waals surface area contributed by atoms with E-state index in [1.165, 1.54) is 5.56 Å². The second-order valence-corrected chi connectivity index (χ2v) is 12.1. The lowest BCUT2D eigenvalue weighted by Crippen LogP contribution is -2.49. The molecule has 0 aliphatic carbocycles. The summed E-state index contributed by atoms with van der Waals surface area (Å²) in [5.41, 5.74) is 4.34. The minimum Gasteiger partial charge on any atom is -0.489 e. The molecule has 47 heavy (non-hydrogen) atoms. The van der Waals surface area contributed by atoms with E-state index in [0.29, 0.717) is 32.9 Å². The SMILES string of the molecule is COCCCN1CC(COC2CN(C(=O)OCc3ccccc3)CCC2c2ccc(COc3ccccc3)cc2)Oc2ccccc21. The lowest BCUT2D eigenvalue weighted by atomic mass is 9.86. The predicted octanol–water partition coefficient (Wildman–Crippen LogP) is 7.08. The minimum atomic E-state index is -0.318. The Kier molecular flexibility index (Phi) is 11.3. The molecule has 1 amide bonds. The molecule has 2 aliphatic heterocycles. The maximum Gasteiger partial charge on any atom is 0.410 e. The quantitative estimate of drug-likeness (QED) is 0.145. The van der Waals surface area contributed by atoms with E-state index in [9.17, 15) is 4.79 Å². The van der Waals surface area contributed by atoms with E-state index in [4.69, 9.17) is 23.7 Å². The van der Waals surface area contributed by atoms with Gasteiger partial charge in [-0.05, 0) is 53.8 Å². The largest absolute Gasteiger partial charge is 0.489 e. The fraction of sp³-hybridized carbons (Fsp3) is 0.359. The van der Waals surface area contributed by atoms with Crippen molar-refractivity contribution in [2.45, 2.75) is 44.2 Å². The van der Waals surface area contributed by atoms with Gasteiger partial charge in [0.1, 0.15) is 30.8 Å². The van der Waals surface area contributed by atoms with Crippen LogP contribution < -0.4 is 14.4 Å². The highest BCUT2D eigenvalue weighted by Gasteiger charge is 2.35. The van der Waals surface area contributed by atoms with Crippen molar-refractivity contribution in [1.29, 1.82) is 0 Å². The number of methoxy groups -OCH3 is 1. The third kappa shape index (κ3) is 8.84. The van der Waals surface area contributed by atoms with E-state index in [-0.39, 0.29) is 30.8 Å². The third-order valence-electron chi connectivity index (χ3n) is 8.78. The number of likely N-dealkylation sites (tertiary alicyclic amines) is 1. The second-order valence-electron chi connectivity index (χ2n) is 12.1. The van der Waals surface area contributed by atoms with Crippen LogP contribution in [0.1, 0.15) is 35.4 Å². The summed E-state index contributed by atoms with van der Waals surface area (Å²) in [6.45, 7) is 4.48. The Labute approximate surface area is 277 Å². The lowest BCUT2D eigenvalue weighted by Gasteiger charge is -2.40. The number of rotatable bonds is 13. The zero-order chi connectivity index (χ0) is 32.3. The molecule has 4 aromatic carbocycles. The van der Waals surface area contributed by atoms with Gasteiger partial charge < -0.3 is 33.5 Å². The normalized spacial score (nSPS) is 19.0. The summed E-state index contributed by atoms with van der Waals surface area (Å²) in [7, 11) is 1.73. The molecule has 0 bridgehead atoms. The van der Waals surface area contributed by atoms with Crippen LogP contribution in [0.2, 0.25) is 0 Å². The average Bonchev–Trinajstić information content (AvgIpc) is 3.13. The molecule has 8 heteroatoms. The van der Waals surface area contributed by atoms with Gasteiger partial charge in [-0.1, -0.05) is 84.9 Å². The van der Waals surface area contributed by atoms with Crippen LogP contribution >= 0.6 is 0 Å². The molecule has 8 nitrogen and oxygen atoms in total. The van der Waals surface area contributed by atoms with E-state index < -0.39 is 0 Å². The first-order valence-corrected chi connectivity index (χ1v) is 16.5. The molecule has 0 radical (unpaired) electrons. The first kappa shape index (κ1) is 32.4. The summed E-state index contributed by atoms with van der Waals surface area (Å²) in [5.74, 6) is 1.83. The van der Waals surface area contributed by atoms with E-state index in [2.05, 4.69) is 35.2 Å². The maximum absolute atomic E-state index is 13.2. The van der Waals surface area contributed by atoms with Gasteiger partial charge in [-0.2, -0.15) is 0 Å². The van der Waals surface area contributed by atoms with Gasteiger partial charge in [0.2, 0.25) is 0 Å². The number of carbonyl (C=O) groups excluding carboxylic acids is 1. The summed E-state index contributed by atoms with van der Waals surface area (Å²) in [4.78, 5) is 17.3. The molecule has 1 saturated heterocycles. The molecular weight excluding hydrogens is 592 g/mol. The lowest BCUT2D eigenvalue weighted by molar-refractivity contribution is -0.0435. The van der Waals surface area contributed by atoms with Crippen molar-refractivity contribution in [3.8, 4) is 11.5 Å². The minimum absolute atomic E-state index is 0.117. The predicted molar refractivity (Wildman–Crippen MR) is 182 cm³/mol. The molecule has 3 atom stereocenters. The molecule has 0 spiro atoms. The molecule has 4 aromatic rings. The number of hydrogen-bond acceptors (Lipinski definition) is 7. The fourth-order valence-electron chi connectivity index (χ4n) is 6.30. The van der Waals surface area contributed by atoms with Gasteiger partial charge in [-0.3, -0.25) is 0 Å². The third-order valence-corrected chi connectivity index (χ3v) is 8.78. The van der Waals surface area contributed by atoms with Gasteiger partial charge in [-0.25, -0.2) is 4.79 Å². The van der Waals surface area contributed by atoms with Gasteiger partial charge in [0, 0.05) is 32.7 Å². The number of amides is 1. The molecule has 6 rings (SSSR count). The summed E-state index contributed by atoms with van der Waals surface area (Å²) in [6.07, 6.45) is 1.01. The van der Waals surface area contributed by atoms with Crippen molar-refractivity contribution in [1.82, 2.24) is 4.90 Å². The van der Waals surface area contributed by atoms with Crippen LogP contribution in [0.5, 0.6) is 11.5 Å². The van der Waals surface area contributed by atoms with Gasteiger partial charge in [0.05, 0.1) is 31.5 Å². The summed E-state index contributed by atoms with van der Waals surface area (Å²) in [6, 6.07) is 36.3. The van der Waals surface area contributed by atoms with E-state index in [1.54, 1.807) is 12.0 Å². The molecule has 3 unspecified atom stereocenters. The average molecular weight is 637 g/mol. The first-order valence-electron chi connectivity index (χ1n) is 16.5. The standard InChI is InChI=1S/C39H44N2O6/c1-43-24-10-22-40-25-34(47-37-16-9-8-15-36(37)40)29-45-38-26-41(39(42)46-28-30-11-4-2-5-12-30)23-21-35(38)32-19-17-31(18-20-32)27-44-33-13-6-3-7-14-33/h2-9,11-20,34-35,38H,10,21-29H2,1H3. The summed E-state index contributed by atoms with van der Waals surface area (Å²) >= 11 is 0. The van der Waals surface area contributed by atoms with Gasteiger partial charge in [-0.15, -0.1) is 0 Å². The van der Waals surface area contributed by atoms with Gasteiger partial charge in [0.25, 0.3) is 0 Å².